The minimum absolute atomic E-state index is 0.547. The number of hydrogen-bond acceptors (Lipinski definition) is 4. The van der Waals surface area contributed by atoms with Gasteiger partial charge in [0.15, 0.2) is 11.5 Å². The molecule has 2 aliphatic heterocycles. The topological polar surface area (TPSA) is 24.9 Å². The van der Waals surface area contributed by atoms with E-state index in [0.29, 0.717) is 22.1 Å². The summed E-state index contributed by atoms with van der Waals surface area (Å²) in [7, 11) is 6.65. The molecule has 2 aliphatic rings. The Kier molecular flexibility index (Phi) is 5.76. The van der Waals surface area contributed by atoms with E-state index >= 15 is 0 Å². The van der Waals surface area contributed by atoms with Gasteiger partial charge in [0.1, 0.15) is 21.0 Å². The van der Waals surface area contributed by atoms with Crippen molar-refractivity contribution >= 4 is 71.0 Å². The van der Waals surface area contributed by atoms with Gasteiger partial charge in [0.2, 0.25) is 4.86 Å². The largest absolute Gasteiger partial charge is 0.474 e. The quantitative estimate of drug-likeness (QED) is 0.341. The molecule has 0 aromatic heterocycles. The van der Waals surface area contributed by atoms with Crippen molar-refractivity contribution in [3.63, 3.8) is 0 Å². The fraction of sp³-hybridized carbons (Fsp3) is 0.400. The van der Waals surface area contributed by atoms with Crippen molar-refractivity contribution in [2.75, 3.05) is 13.5 Å². The first kappa shape index (κ1) is 16.1. The van der Waals surface area contributed by atoms with Crippen LogP contribution in [-0.2, 0) is 13.1 Å². The number of fused-ring (bicyclic) bond motifs is 3. The van der Waals surface area contributed by atoms with E-state index in [9.17, 15) is 0 Å². The molecule has 4 nitrogen and oxygen atoms in total. The van der Waals surface area contributed by atoms with Crippen molar-refractivity contribution in [3.8, 4) is 11.5 Å². The number of ether oxygens (including phenoxy) is 2. The molecule has 0 fully saturated rings. The van der Waals surface area contributed by atoms with Crippen LogP contribution in [0.3, 0.4) is 0 Å². The monoisotopic (exact) mass is 529 g/mol. The Balaban J connectivity index is 1.83. The van der Waals surface area contributed by atoms with Crippen LogP contribution in [0, 0.1) is 0 Å². The SMILES string of the molecule is [B]P(I)N1COc2c(ccc3c2OCN(P[B]I)C3)C1. The highest BCUT2D eigenvalue weighted by molar-refractivity contribution is 14.2. The van der Waals surface area contributed by atoms with Crippen LogP contribution in [0.1, 0.15) is 11.1 Å². The van der Waals surface area contributed by atoms with Crippen LogP contribution in [0.25, 0.3) is 0 Å². The molecule has 0 saturated heterocycles. The number of benzene rings is 1. The fourth-order valence-corrected chi connectivity index (χ4v) is 5.27. The zero-order valence-corrected chi connectivity index (χ0v) is 16.8. The van der Waals surface area contributed by atoms with Crippen LogP contribution in [0.15, 0.2) is 12.1 Å². The average molecular weight is 529 g/mol. The molecule has 103 valence electrons. The molecule has 2 heterocycles. The van der Waals surface area contributed by atoms with E-state index in [1.54, 1.807) is 0 Å². The van der Waals surface area contributed by atoms with Crippen molar-refractivity contribution < 1.29 is 9.47 Å². The Bertz CT molecular complexity index is 512. The molecule has 0 spiro atoms. The highest BCUT2D eigenvalue weighted by atomic mass is 127. The average Bonchev–Trinajstić information content (AvgIpc) is 2.46. The number of halogens is 2. The molecular formula is C10H11B2I2N2O2P2. The zero-order chi connectivity index (χ0) is 14.1. The summed E-state index contributed by atoms with van der Waals surface area (Å²) < 4.78 is 16.2. The smallest absolute Gasteiger partial charge is 0.248 e. The van der Waals surface area contributed by atoms with E-state index in [1.807, 2.05) is 0 Å². The number of nitrogens with zero attached hydrogens (tertiary/aromatic N) is 2. The van der Waals surface area contributed by atoms with Crippen LogP contribution in [0.5, 0.6) is 11.5 Å². The van der Waals surface area contributed by atoms with E-state index in [0.717, 1.165) is 24.6 Å². The molecule has 0 N–H and O–H groups in total. The van der Waals surface area contributed by atoms with Crippen molar-refractivity contribution in [1.29, 1.82) is 0 Å². The number of rotatable bonds is 3. The highest BCUT2D eigenvalue weighted by Gasteiger charge is 2.27. The number of hydrogen-bond donors (Lipinski definition) is 0. The normalized spacial score (nSPS) is 20.9. The van der Waals surface area contributed by atoms with Crippen LogP contribution in [-0.4, -0.2) is 35.2 Å². The first-order valence-electron chi connectivity index (χ1n) is 5.98. The van der Waals surface area contributed by atoms with Crippen molar-refractivity contribution in [3.05, 3.63) is 23.3 Å². The Hall–Kier alpha value is 1.19. The maximum absolute atomic E-state index is 5.97. The molecule has 0 bridgehead atoms. The Labute approximate surface area is 150 Å². The summed E-state index contributed by atoms with van der Waals surface area (Å²) in [4.78, 5) is 2.14. The maximum Gasteiger partial charge on any atom is 0.248 e. The van der Waals surface area contributed by atoms with E-state index in [4.69, 9.17) is 17.0 Å². The Morgan fingerprint density at radius 3 is 2.50 bits per heavy atom. The van der Waals surface area contributed by atoms with E-state index in [1.165, 1.54) is 11.1 Å². The first-order chi connectivity index (χ1) is 9.69. The van der Waals surface area contributed by atoms with Gasteiger partial charge in [-0.3, -0.25) is 4.67 Å². The maximum atomic E-state index is 5.97. The molecule has 3 radical (unpaired) electrons. The van der Waals surface area contributed by atoms with E-state index < -0.39 is 5.59 Å². The summed E-state index contributed by atoms with van der Waals surface area (Å²) in [6.45, 7) is 2.93. The van der Waals surface area contributed by atoms with Gasteiger partial charge in [0.05, 0.1) is 0 Å². The van der Waals surface area contributed by atoms with Crippen molar-refractivity contribution in [1.82, 2.24) is 9.34 Å². The minimum Gasteiger partial charge on any atom is -0.474 e. The summed E-state index contributed by atoms with van der Waals surface area (Å²) >= 11 is 4.54. The van der Waals surface area contributed by atoms with Gasteiger partial charge in [-0.25, -0.2) is 4.67 Å². The van der Waals surface area contributed by atoms with E-state index in [2.05, 4.69) is 70.7 Å². The Morgan fingerprint density at radius 1 is 1.20 bits per heavy atom. The van der Waals surface area contributed by atoms with Gasteiger partial charge in [0, 0.05) is 24.2 Å². The second-order valence-electron chi connectivity index (χ2n) is 4.48. The summed E-state index contributed by atoms with van der Waals surface area (Å²) in [6.07, 6.45) is 0. The molecule has 0 aliphatic carbocycles. The van der Waals surface area contributed by atoms with Crippen molar-refractivity contribution in [2.45, 2.75) is 13.1 Å². The molecule has 10 heteroatoms. The van der Waals surface area contributed by atoms with Gasteiger partial charge in [-0.2, -0.15) is 0 Å². The predicted molar refractivity (Wildman–Crippen MR) is 103 cm³/mol. The van der Waals surface area contributed by atoms with Crippen LogP contribution >= 0.6 is 58.6 Å². The van der Waals surface area contributed by atoms with Gasteiger partial charge >= 0.3 is 0 Å². The van der Waals surface area contributed by atoms with Gasteiger partial charge in [-0.15, -0.1) is 22.4 Å². The van der Waals surface area contributed by atoms with Gasteiger partial charge in [-0.1, -0.05) is 20.7 Å². The molecular weight excluding hydrogens is 518 g/mol. The molecule has 0 saturated carbocycles. The third-order valence-electron chi connectivity index (χ3n) is 3.21. The lowest BCUT2D eigenvalue weighted by molar-refractivity contribution is 0.141. The lowest BCUT2D eigenvalue weighted by atomic mass is 10.1. The van der Waals surface area contributed by atoms with E-state index in [-0.39, 0.29) is 0 Å². The lowest BCUT2D eigenvalue weighted by Gasteiger charge is -2.35. The molecule has 1 aromatic rings. The van der Waals surface area contributed by atoms with Crippen LogP contribution in [0.4, 0.5) is 0 Å². The molecule has 1 aromatic carbocycles. The van der Waals surface area contributed by atoms with Gasteiger partial charge in [0.25, 0.3) is 0 Å². The van der Waals surface area contributed by atoms with Crippen molar-refractivity contribution in [2.24, 2.45) is 0 Å². The molecule has 0 amide bonds. The minimum atomic E-state index is -0.641. The summed E-state index contributed by atoms with van der Waals surface area (Å²) in [5.74, 6) is 1.83. The fourth-order valence-electron chi connectivity index (χ4n) is 2.26. The molecule has 2 unspecified atom stereocenters. The van der Waals surface area contributed by atoms with Gasteiger partial charge in [-0.05, 0) is 27.6 Å². The predicted octanol–water partition coefficient (Wildman–Crippen LogP) is 3.38. The molecule has 2 atom stereocenters. The first-order valence-corrected chi connectivity index (χ1v) is 12.4. The second-order valence-corrected chi connectivity index (χ2v) is 11.6. The third-order valence-corrected chi connectivity index (χ3v) is 7.43. The van der Waals surface area contributed by atoms with Crippen LogP contribution in [0.2, 0.25) is 0 Å². The second kappa shape index (κ2) is 7.18. The summed E-state index contributed by atoms with van der Waals surface area (Å²) in [5.41, 5.74) is 1.73. The van der Waals surface area contributed by atoms with Gasteiger partial charge < -0.3 is 9.47 Å². The highest BCUT2D eigenvalue weighted by Crippen LogP contribution is 2.49. The zero-order valence-electron chi connectivity index (χ0n) is 10.6. The summed E-state index contributed by atoms with van der Waals surface area (Å²) in [5, 5.41) is 0. The van der Waals surface area contributed by atoms with Crippen LogP contribution < -0.4 is 9.47 Å². The molecule has 20 heavy (non-hydrogen) atoms. The Morgan fingerprint density at radius 2 is 1.85 bits per heavy atom. The lowest BCUT2D eigenvalue weighted by Crippen LogP contribution is -2.30. The molecule has 3 rings (SSSR count). The summed E-state index contributed by atoms with van der Waals surface area (Å²) in [6, 6.07) is 4.29. The third kappa shape index (κ3) is 3.40. The standard InChI is InChI=1S/C10H11B2I2N2O2P2/c11-20(14)16-4-8-2-1-7-3-15(19-12-13)5-17-9(7)10(8)18-6-16/h1-2,19H,3-6H2.